The molecule has 1 rings (SSSR count). The number of ether oxygens (including phenoxy) is 2. The Morgan fingerprint density at radius 3 is 2.29 bits per heavy atom. The Labute approximate surface area is 143 Å². The van der Waals surface area contributed by atoms with Crippen molar-refractivity contribution in [2.75, 3.05) is 13.7 Å². The highest BCUT2D eigenvalue weighted by Gasteiger charge is 2.22. The summed E-state index contributed by atoms with van der Waals surface area (Å²) in [6.07, 6.45) is 0.369. The van der Waals surface area contributed by atoms with E-state index in [0.717, 1.165) is 0 Å². The molecule has 0 saturated heterocycles. The first kappa shape index (κ1) is 19.8. The molecule has 6 nitrogen and oxygen atoms in total. The standard InChI is InChI=1S/C18H27NO5/c1-11(2)8-14(18(21)22)19-17(20)13-6-7-15(16(9-13)23-5)24-10-12(3)4/h6-7,9,11-12,14H,8,10H2,1-5H3,(H,19,20)(H,21,22)/t14-/m0/s1. The van der Waals surface area contributed by atoms with Gasteiger partial charge in [0, 0.05) is 5.56 Å². The molecule has 1 aromatic rings. The van der Waals surface area contributed by atoms with Crippen LogP contribution < -0.4 is 14.8 Å². The van der Waals surface area contributed by atoms with Gasteiger partial charge in [0.15, 0.2) is 11.5 Å². The van der Waals surface area contributed by atoms with Crippen LogP contribution in [0.2, 0.25) is 0 Å². The van der Waals surface area contributed by atoms with E-state index in [0.29, 0.717) is 36.0 Å². The molecule has 1 amide bonds. The number of nitrogens with one attached hydrogen (secondary N) is 1. The molecule has 0 aliphatic carbocycles. The van der Waals surface area contributed by atoms with Crippen molar-refractivity contribution in [2.45, 2.75) is 40.2 Å². The zero-order valence-electron chi connectivity index (χ0n) is 15.0. The fraction of sp³-hybridized carbons (Fsp3) is 0.556. The number of aliphatic carboxylic acids is 1. The molecule has 0 spiro atoms. The third-order valence-corrected chi connectivity index (χ3v) is 3.31. The molecule has 0 aliphatic heterocycles. The predicted octanol–water partition coefficient (Wildman–Crippen LogP) is 2.96. The van der Waals surface area contributed by atoms with Gasteiger partial charge in [-0.05, 0) is 36.5 Å². The van der Waals surface area contributed by atoms with Gasteiger partial charge in [-0.25, -0.2) is 4.79 Å². The van der Waals surface area contributed by atoms with Crippen LogP contribution in [0.3, 0.4) is 0 Å². The lowest BCUT2D eigenvalue weighted by atomic mass is 10.0. The number of carbonyl (C=O) groups is 2. The molecule has 1 aromatic carbocycles. The van der Waals surface area contributed by atoms with Crippen molar-refractivity contribution in [1.82, 2.24) is 5.32 Å². The number of amides is 1. The van der Waals surface area contributed by atoms with E-state index in [1.165, 1.54) is 7.11 Å². The summed E-state index contributed by atoms with van der Waals surface area (Å²) in [5, 5.41) is 11.8. The normalized spacial score (nSPS) is 12.1. The van der Waals surface area contributed by atoms with Crippen molar-refractivity contribution in [2.24, 2.45) is 11.8 Å². The minimum absolute atomic E-state index is 0.160. The second-order valence-corrected chi connectivity index (χ2v) is 6.56. The second-order valence-electron chi connectivity index (χ2n) is 6.56. The van der Waals surface area contributed by atoms with E-state index in [9.17, 15) is 14.7 Å². The number of carboxylic acids is 1. The minimum Gasteiger partial charge on any atom is -0.493 e. The third-order valence-electron chi connectivity index (χ3n) is 3.31. The first-order valence-corrected chi connectivity index (χ1v) is 8.09. The molecule has 6 heteroatoms. The van der Waals surface area contributed by atoms with E-state index >= 15 is 0 Å². The maximum atomic E-state index is 12.3. The molecule has 0 saturated carbocycles. The average molecular weight is 337 g/mol. The Morgan fingerprint density at radius 1 is 1.12 bits per heavy atom. The number of carboxylic acid groups (broad SMARTS) is 1. The van der Waals surface area contributed by atoms with Crippen LogP contribution in [0.15, 0.2) is 18.2 Å². The highest BCUT2D eigenvalue weighted by Crippen LogP contribution is 2.28. The molecule has 0 heterocycles. The van der Waals surface area contributed by atoms with Gasteiger partial charge in [0.25, 0.3) is 5.91 Å². The fourth-order valence-corrected chi connectivity index (χ4v) is 2.12. The topological polar surface area (TPSA) is 84.9 Å². The Morgan fingerprint density at radius 2 is 1.79 bits per heavy atom. The monoisotopic (exact) mass is 337 g/mol. The van der Waals surface area contributed by atoms with Gasteiger partial charge in [-0.2, -0.15) is 0 Å². The van der Waals surface area contributed by atoms with Crippen LogP contribution in [0.1, 0.15) is 44.5 Å². The van der Waals surface area contributed by atoms with Crippen molar-refractivity contribution in [1.29, 1.82) is 0 Å². The summed E-state index contributed by atoms with van der Waals surface area (Å²) < 4.78 is 10.9. The quantitative estimate of drug-likeness (QED) is 0.723. The molecular weight excluding hydrogens is 310 g/mol. The van der Waals surface area contributed by atoms with Crippen molar-refractivity contribution < 1.29 is 24.2 Å². The molecule has 134 valence electrons. The summed E-state index contributed by atoms with van der Waals surface area (Å²) in [7, 11) is 1.50. The number of benzene rings is 1. The van der Waals surface area contributed by atoms with Gasteiger partial charge < -0.3 is 19.9 Å². The van der Waals surface area contributed by atoms with Crippen LogP contribution in [-0.4, -0.2) is 36.7 Å². The Balaban J connectivity index is 2.88. The third kappa shape index (κ3) is 6.10. The van der Waals surface area contributed by atoms with E-state index in [2.05, 4.69) is 5.32 Å². The molecule has 0 aliphatic rings. The van der Waals surface area contributed by atoms with Crippen LogP contribution in [-0.2, 0) is 4.79 Å². The second kappa shape index (κ2) is 9.15. The van der Waals surface area contributed by atoms with Gasteiger partial charge in [0.1, 0.15) is 6.04 Å². The number of hydrogen-bond donors (Lipinski definition) is 2. The van der Waals surface area contributed by atoms with Crippen molar-refractivity contribution >= 4 is 11.9 Å². The van der Waals surface area contributed by atoms with Gasteiger partial charge >= 0.3 is 5.97 Å². The van der Waals surface area contributed by atoms with Gasteiger partial charge in [-0.3, -0.25) is 4.79 Å². The highest BCUT2D eigenvalue weighted by atomic mass is 16.5. The van der Waals surface area contributed by atoms with Crippen LogP contribution in [0.25, 0.3) is 0 Å². The maximum Gasteiger partial charge on any atom is 0.326 e. The first-order chi connectivity index (χ1) is 11.2. The first-order valence-electron chi connectivity index (χ1n) is 8.09. The van der Waals surface area contributed by atoms with Crippen molar-refractivity contribution in [3.05, 3.63) is 23.8 Å². The van der Waals surface area contributed by atoms with Gasteiger partial charge in [0.2, 0.25) is 0 Å². The fourth-order valence-electron chi connectivity index (χ4n) is 2.12. The van der Waals surface area contributed by atoms with E-state index in [1.807, 2.05) is 27.7 Å². The lowest BCUT2D eigenvalue weighted by molar-refractivity contribution is -0.139. The predicted molar refractivity (Wildman–Crippen MR) is 91.7 cm³/mol. The molecule has 0 radical (unpaired) electrons. The zero-order valence-corrected chi connectivity index (χ0v) is 15.0. The summed E-state index contributed by atoms with van der Waals surface area (Å²) in [5.41, 5.74) is 0.332. The zero-order chi connectivity index (χ0) is 18.3. The number of rotatable bonds is 9. The van der Waals surface area contributed by atoms with E-state index in [-0.39, 0.29) is 5.92 Å². The highest BCUT2D eigenvalue weighted by molar-refractivity contribution is 5.97. The SMILES string of the molecule is COc1cc(C(=O)N[C@@H](CC(C)C)C(=O)O)ccc1OCC(C)C. The lowest BCUT2D eigenvalue weighted by Crippen LogP contribution is -2.41. The van der Waals surface area contributed by atoms with Crippen LogP contribution >= 0.6 is 0 Å². The Kier molecular flexibility index (Phi) is 7.55. The minimum atomic E-state index is -1.04. The van der Waals surface area contributed by atoms with E-state index in [1.54, 1.807) is 18.2 Å². The van der Waals surface area contributed by atoms with Gasteiger partial charge in [-0.15, -0.1) is 0 Å². The van der Waals surface area contributed by atoms with Crippen LogP contribution in [0, 0.1) is 11.8 Å². The molecule has 2 N–H and O–H groups in total. The molecular formula is C18H27NO5. The summed E-state index contributed by atoms with van der Waals surface area (Å²) in [5.74, 6) is 0.0363. The Bertz CT molecular complexity index is 569. The lowest BCUT2D eigenvalue weighted by Gasteiger charge is -2.17. The van der Waals surface area contributed by atoms with E-state index in [4.69, 9.17) is 9.47 Å². The summed E-state index contributed by atoms with van der Waals surface area (Å²) in [4.78, 5) is 23.6. The Hall–Kier alpha value is -2.24. The number of hydrogen-bond acceptors (Lipinski definition) is 4. The number of carbonyl (C=O) groups excluding carboxylic acids is 1. The molecule has 0 bridgehead atoms. The van der Waals surface area contributed by atoms with Gasteiger partial charge in [-0.1, -0.05) is 27.7 Å². The summed E-state index contributed by atoms with van der Waals surface area (Å²) >= 11 is 0. The largest absolute Gasteiger partial charge is 0.493 e. The molecule has 24 heavy (non-hydrogen) atoms. The summed E-state index contributed by atoms with van der Waals surface area (Å²) in [6.45, 7) is 8.43. The van der Waals surface area contributed by atoms with Crippen molar-refractivity contribution in [3.63, 3.8) is 0 Å². The van der Waals surface area contributed by atoms with Crippen LogP contribution in [0.4, 0.5) is 0 Å². The maximum absolute atomic E-state index is 12.3. The molecule has 0 fully saturated rings. The van der Waals surface area contributed by atoms with Crippen LogP contribution in [0.5, 0.6) is 11.5 Å². The smallest absolute Gasteiger partial charge is 0.326 e. The molecule has 0 aromatic heterocycles. The van der Waals surface area contributed by atoms with E-state index < -0.39 is 17.9 Å². The summed E-state index contributed by atoms with van der Waals surface area (Å²) in [6, 6.07) is 3.90. The van der Waals surface area contributed by atoms with Gasteiger partial charge in [0.05, 0.1) is 13.7 Å². The van der Waals surface area contributed by atoms with Crippen molar-refractivity contribution in [3.8, 4) is 11.5 Å². The molecule has 1 atom stereocenters. The number of methoxy groups -OCH3 is 1. The molecule has 0 unspecified atom stereocenters. The average Bonchev–Trinajstić information content (AvgIpc) is 2.51.